The summed E-state index contributed by atoms with van der Waals surface area (Å²) in [6.07, 6.45) is 3.16. The van der Waals surface area contributed by atoms with Crippen molar-refractivity contribution < 1.29 is 8.78 Å². The molecule has 3 heterocycles. The Bertz CT molecular complexity index is 1220. The number of benzene rings is 1. The van der Waals surface area contributed by atoms with E-state index in [1.807, 2.05) is 13.8 Å². The lowest BCUT2D eigenvalue weighted by Gasteiger charge is -2.40. The van der Waals surface area contributed by atoms with E-state index in [1.54, 1.807) is 37.5 Å². The van der Waals surface area contributed by atoms with Gasteiger partial charge in [0.25, 0.3) is 0 Å². The largest absolute Gasteiger partial charge is 0.386 e. The summed E-state index contributed by atoms with van der Waals surface area (Å²) in [5.41, 5.74) is 5.93. The van der Waals surface area contributed by atoms with Crippen molar-refractivity contribution in [1.82, 2.24) is 20.0 Å². The van der Waals surface area contributed by atoms with Crippen LogP contribution in [0.25, 0.3) is 17.1 Å². The Morgan fingerprint density at radius 1 is 1.28 bits per heavy atom. The number of nitrogens with two attached hydrogens (primary N) is 1. The molecule has 0 amide bonds. The van der Waals surface area contributed by atoms with Gasteiger partial charge in [-0.1, -0.05) is 27.5 Å². The van der Waals surface area contributed by atoms with Gasteiger partial charge in [0.1, 0.15) is 29.6 Å². The van der Waals surface area contributed by atoms with Gasteiger partial charge in [0.05, 0.1) is 16.0 Å². The fraction of sp³-hybridized carbons (Fsp3) is 0.333. The number of nitrogens with zero attached hydrogens (tertiary/aromatic N) is 6. The smallest absolute Gasteiger partial charge is 0.155 e. The molecule has 0 radical (unpaired) electrons. The topological polar surface area (TPSA) is 94.3 Å². The van der Waals surface area contributed by atoms with E-state index in [0.29, 0.717) is 22.1 Å². The highest BCUT2D eigenvalue weighted by molar-refractivity contribution is 7.89. The van der Waals surface area contributed by atoms with Gasteiger partial charge in [-0.15, -0.1) is 5.10 Å². The summed E-state index contributed by atoms with van der Waals surface area (Å²) in [4.78, 5) is 8.68. The average Bonchev–Trinajstić information content (AvgIpc) is 3.27. The second-order valence-electron chi connectivity index (χ2n) is 7.94. The van der Waals surface area contributed by atoms with Crippen molar-refractivity contribution in [2.75, 3.05) is 19.5 Å². The van der Waals surface area contributed by atoms with Crippen LogP contribution in [0.5, 0.6) is 0 Å². The third-order valence-corrected chi connectivity index (χ3v) is 8.36. The van der Waals surface area contributed by atoms with Gasteiger partial charge in [-0.25, -0.2) is 18.4 Å². The third-order valence-electron chi connectivity index (χ3n) is 5.56. The van der Waals surface area contributed by atoms with Crippen LogP contribution >= 0.6 is 11.6 Å². The van der Waals surface area contributed by atoms with E-state index in [9.17, 15) is 8.78 Å². The molecule has 2 atom stereocenters. The van der Waals surface area contributed by atoms with E-state index in [0.717, 1.165) is 0 Å². The highest BCUT2D eigenvalue weighted by Gasteiger charge is 2.45. The van der Waals surface area contributed by atoms with Crippen LogP contribution in [0.15, 0.2) is 52.1 Å². The molecule has 7 nitrogen and oxygen atoms in total. The van der Waals surface area contributed by atoms with E-state index in [1.165, 1.54) is 16.9 Å². The first-order valence-corrected chi connectivity index (χ1v) is 11.5. The van der Waals surface area contributed by atoms with Gasteiger partial charge in [0.15, 0.2) is 5.82 Å². The molecule has 1 aliphatic rings. The molecule has 0 unspecified atom stereocenters. The predicted octanol–water partition coefficient (Wildman–Crippen LogP) is 3.87. The quantitative estimate of drug-likeness (QED) is 0.617. The summed E-state index contributed by atoms with van der Waals surface area (Å²) in [5.74, 6) is 0.459. The van der Waals surface area contributed by atoms with E-state index in [4.69, 9.17) is 17.3 Å². The molecule has 2 N–H and O–H groups in total. The first-order chi connectivity index (χ1) is 15.2. The molecule has 1 aromatic carbocycles. The third kappa shape index (κ3) is 3.81. The molecule has 0 saturated carbocycles. The first kappa shape index (κ1) is 22.5. The minimum Gasteiger partial charge on any atom is -0.386 e. The number of aromatic nitrogens is 4. The summed E-state index contributed by atoms with van der Waals surface area (Å²) >= 11 is 5.88. The van der Waals surface area contributed by atoms with Gasteiger partial charge in [0, 0.05) is 30.1 Å². The van der Waals surface area contributed by atoms with Crippen molar-refractivity contribution >= 4 is 28.1 Å². The van der Waals surface area contributed by atoms with Crippen molar-refractivity contribution in [3.05, 3.63) is 59.1 Å². The van der Waals surface area contributed by atoms with Crippen molar-refractivity contribution in [2.24, 2.45) is 15.1 Å². The van der Waals surface area contributed by atoms with Crippen LogP contribution < -0.4 is 5.73 Å². The number of alkyl halides is 1. The molecule has 4 rings (SSSR count). The van der Waals surface area contributed by atoms with Gasteiger partial charge in [-0.3, -0.25) is 9.36 Å². The molecular weight excluding hydrogens is 456 g/mol. The monoisotopic (exact) mass is 477 g/mol. The molecule has 2 aromatic heterocycles. The number of amidine groups is 1. The maximum atomic E-state index is 15.0. The van der Waals surface area contributed by atoms with Crippen molar-refractivity contribution in [3.8, 4) is 17.1 Å². The summed E-state index contributed by atoms with van der Waals surface area (Å²) in [7, 11) is 1.04. The number of hydrogen-bond donors (Lipinski definition) is 1. The first-order valence-electron chi connectivity index (χ1n) is 9.77. The van der Waals surface area contributed by atoms with Crippen LogP contribution in [0.2, 0.25) is 5.02 Å². The Balaban J connectivity index is 1.78. The highest BCUT2D eigenvalue weighted by Crippen LogP contribution is 2.39. The SMILES string of the molecule is CN=[S@@]1C[C@@](CF)(c2cc(-c3cn(-c4ccc(Cl)cn4)nn3)ccc2F)N=C(N)C1(C)C. The molecule has 0 spiro atoms. The Kier molecular flexibility index (Phi) is 5.85. The van der Waals surface area contributed by atoms with Gasteiger partial charge >= 0.3 is 0 Å². The lowest BCUT2D eigenvalue weighted by Crippen LogP contribution is -2.53. The molecule has 0 saturated heterocycles. The molecule has 0 aliphatic carbocycles. The van der Waals surface area contributed by atoms with Gasteiger partial charge in [-0.2, -0.15) is 0 Å². The lowest BCUT2D eigenvalue weighted by atomic mass is 9.90. The van der Waals surface area contributed by atoms with Crippen LogP contribution in [0.4, 0.5) is 8.78 Å². The average molecular weight is 478 g/mol. The van der Waals surface area contributed by atoms with E-state index in [-0.39, 0.29) is 17.2 Å². The Morgan fingerprint density at radius 3 is 2.72 bits per heavy atom. The number of aliphatic imine (C=N–C) groups is 1. The fourth-order valence-corrected chi connectivity index (χ4v) is 5.64. The molecule has 0 fully saturated rings. The molecule has 11 heteroatoms. The number of rotatable bonds is 4. The fourth-order valence-electron chi connectivity index (χ4n) is 3.55. The van der Waals surface area contributed by atoms with Gasteiger partial charge in [0.2, 0.25) is 0 Å². The van der Waals surface area contributed by atoms with Crippen LogP contribution in [0.3, 0.4) is 0 Å². The number of pyridine rings is 1. The molecule has 3 aromatic rings. The number of halogens is 3. The maximum Gasteiger partial charge on any atom is 0.155 e. The zero-order valence-corrected chi connectivity index (χ0v) is 19.3. The second-order valence-corrected chi connectivity index (χ2v) is 10.8. The van der Waals surface area contributed by atoms with Crippen LogP contribution in [-0.4, -0.2) is 50.0 Å². The molecule has 168 valence electrons. The molecular formula is C21H22ClF2N7S. The minimum atomic E-state index is -1.45. The summed E-state index contributed by atoms with van der Waals surface area (Å²) < 4.78 is 34.9. The summed E-state index contributed by atoms with van der Waals surface area (Å²) in [6.45, 7) is 2.94. The van der Waals surface area contributed by atoms with Crippen molar-refractivity contribution in [3.63, 3.8) is 0 Å². The molecule has 0 bridgehead atoms. The van der Waals surface area contributed by atoms with E-state index in [2.05, 4.69) is 24.7 Å². The number of hydrogen-bond acceptors (Lipinski definition) is 6. The van der Waals surface area contributed by atoms with Gasteiger partial charge < -0.3 is 5.73 Å². The Morgan fingerprint density at radius 2 is 2.06 bits per heavy atom. The predicted molar refractivity (Wildman–Crippen MR) is 123 cm³/mol. The van der Waals surface area contributed by atoms with Gasteiger partial charge in [-0.05, 0) is 44.2 Å². The summed E-state index contributed by atoms with van der Waals surface area (Å²) in [6, 6.07) is 7.80. The van der Waals surface area contributed by atoms with E-state index >= 15 is 0 Å². The van der Waals surface area contributed by atoms with Crippen molar-refractivity contribution in [2.45, 2.75) is 24.1 Å². The van der Waals surface area contributed by atoms with Crippen LogP contribution in [0, 0.1) is 5.82 Å². The molecule has 32 heavy (non-hydrogen) atoms. The second kappa shape index (κ2) is 8.32. The zero-order chi connectivity index (χ0) is 23.1. The Labute approximate surface area is 191 Å². The van der Waals surface area contributed by atoms with Crippen LogP contribution in [-0.2, 0) is 16.2 Å². The Hall–Kier alpha value is -2.72. The molecule has 1 aliphatic heterocycles. The standard InChI is InChI=1S/C21H22ClF2N7S/c1-20(2)19(25)28-21(11-23,12-32(20)26-3)15-8-13(4-6-16(15)24)17-10-31(30-29-17)18-7-5-14(22)9-27-18/h4-10H,11-12H2,1-3H3,(H2,25,28)/t21-,32+/m0/s1. The lowest BCUT2D eigenvalue weighted by molar-refractivity contribution is 0.329. The zero-order valence-electron chi connectivity index (χ0n) is 17.8. The summed E-state index contributed by atoms with van der Waals surface area (Å²) in [5, 5.41) is 8.75. The van der Waals surface area contributed by atoms with Crippen LogP contribution in [0.1, 0.15) is 19.4 Å². The normalized spacial score (nSPS) is 22.7. The maximum absolute atomic E-state index is 15.0. The minimum absolute atomic E-state index is 0.122. The van der Waals surface area contributed by atoms with E-state index < -0.39 is 33.5 Å². The highest BCUT2D eigenvalue weighted by atomic mass is 35.5. The van der Waals surface area contributed by atoms with Crippen molar-refractivity contribution in [1.29, 1.82) is 0 Å².